The standard InChI is InChI=1S/C12H14N2O6/c15-9-6-7(4-5-13-9)11(18)14-8(12(19)20)2-1-3-10(16)17/h4-6,8H,1-3H2,(H,13,15)(H,14,18)(H,16,17)(H,19,20)/t8-/m1/s1. The van der Waals surface area contributed by atoms with E-state index in [1.807, 2.05) is 0 Å². The highest BCUT2D eigenvalue weighted by Crippen LogP contribution is 2.03. The van der Waals surface area contributed by atoms with E-state index in [4.69, 9.17) is 10.2 Å². The molecule has 1 atom stereocenters. The molecule has 0 radical (unpaired) electrons. The zero-order valence-corrected chi connectivity index (χ0v) is 10.5. The number of hydrogen-bond acceptors (Lipinski definition) is 4. The van der Waals surface area contributed by atoms with Crippen LogP contribution in [-0.2, 0) is 9.59 Å². The van der Waals surface area contributed by atoms with Gasteiger partial charge in [-0.15, -0.1) is 0 Å². The number of H-pyrrole nitrogens is 1. The zero-order valence-electron chi connectivity index (χ0n) is 10.5. The number of carbonyl (C=O) groups is 3. The van der Waals surface area contributed by atoms with Crippen molar-refractivity contribution in [1.29, 1.82) is 0 Å². The Hall–Kier alpha value is -2.64. The van der Waals surface area contributed by atoms with Crippen LogP contribution in [0.5, 0.6) is 0 Å². The zero-order chi connectivity index (χ0) is 15.1. The van der Waals surface area contributed by atoms with Crippen molar-refractivity contribution < 1.29 is 24.6 Å². The van der Waals surface area contributed by atoms with E-state index in [1.165, 1.54) is 12.3 Å². The third-order valence-corrected chi connectivity index (χ3v) is 2.52. The van der Waals surface area contributed by atoms with Crippen LogP contribution in [0.25, 0.3) is 0 Å². The van der Waals surface area contributed by atoms with E-state index < -0.39 is 29.4 Å². The number of carboxylic acid groups (broad SMARTS) is 2. The van der Waals surface area contributed by atoms with Crippen molar-refractivity contribution in [1.82, 2.24) is 10.3 Å². The van der Waals surface area contributed by atoms with Gasteiger partial charge < -0.3 is 20.5 Å². The van der Waals surface area contributed by atoms with Crippen LogP contribution in [0.4, 0.5) is 0 Å². The minimum absolute atomic E-state index is 0.00341. The number of rotatable bonds is 7. The summed E-state index contributed by atoms with van der Waals surface area (Å²) in [7, 11) is 0. The minimum Gasteiger partial charge on any atom is -0.481 e. The maximum Gasteiger partial charge on any atom is 0.326 e. The second-order valence-electron chi connectivity index (χ2n) is 4.09. The topological polar surface area (TPSA) is 137 Å². The molecule has 0 aliphatic rings. The molecule has 0 fully saturated rings. The Bertz CT molecular complexity index is 565. The molecule has 0 aromatic carbocycles. The van der Waals surface area contributed by atoms with Gasteiger partial charge in [0.1, 0.15) is 6.04 Å². The molecule has 1 aromatic heterocycles. The SMILES string of the molecule is O=C(O)CCC[C@@H](NC(=O)c1cc[nH]c(=O)c1)C(=O)O. The van der Waals surface area contributed by atoms with Crippen LogP contribution >= 0.6 is 0 Å². The summed E-state index contributed by atoms with van der Waals surface area (Å²) in [5.74, 6) is -2.98. The molecule has 1 rings (SSSR count). The van der Waals surface area contributed by atoms with Crippen LogP contribution in [0.1, 0.15) is 29.6 Å². The fraction of sp³-hybridized carbons (Fsp3) is 0.333. The van der Waals surface area contributed by atoms with Crippen molar-refractivity contribution in [3.63, 3.8) is 0 Å². The first-order chi connectivity index (χ1) is 9.40. The van der Waals surface area contributed by atoms with Gasteiger partial charge in [-0.25, -0.2) is 4.79 Å². The van der Waals surface area contributed by atoms with Crippen LogP contribution in [0.15, 0.2) is 23.1 Å². The summed E-state index contributed by atoms with van der Waals surface area (Å²) in [4.78, 5) is 46.5. The molecule has 0 saturated heterocycles. The van der Waals surface area contributed by atoms with Crippen LogP contribution in [-0.4, -0.2) is 39.1 Å². The maximum absolute atomic E-state index is 11.8. The smallest absolute Gasteiger partial charge is 0.326 e. The second kappa shape index (κ2) is 7.07. The van der Waals surface area contributed by atoms with Gasteiger partial charge in [0.05, 0.1) is 0 Å². The Balaban J connectivity index is 2.65. The summed E-state index contributed by atoms with van der Waals surface area (Å²) < 4.78 is 0. The summed E-state index contributed by atoms with van der Waals surface area (Å²) in [5.41, 5.74) is -0.436. The van der Waals surface area contributed by atoms with Gasteiger partial charge in [0.15, 0.2) is 0 Å². The quantitative estimate of drug-likeness (QED) is 0.547. The fourth-order valence-electron chi connectivity index (χ4n) is 1.54. The average Bonchev–Trinajstić information content (AvgIpc) is 2.36. The number of aromatic nitrogens is 1. The van der Waals surface area contributed by atoms with Gasteiger partial charge >= 0.3 is 11.9 Å². The number of aliphatic carboxylic acids is 2. The Labute approximate surface area is 113 Å². The third-order valence-electron chi connectivity index (χ3n) is 2.52. The molecule has 20 heavy (non-hydrogen) atoms. The number of hydrogen-bond donors (Lipinski definition) is 4. The lowest BCUT2D eigenvalue weighted by Gasteiger charge is -2.13. The van der Waals surface area contributed by atoms with E-state index in [1.54, 1.807) is 0 Å². The van der Waals surface area contributed by atoms with Crippen molar-refractivity contribution in [2.45, 2.75) is 25.3 Å². The van der Waals surface area contributed by atoms with Gasteiger partial charge in [-0.05, 0) is 18.9 Å². The molecule has 0 unspecified atom stereocenters. The third kappa shape index (κ3) is 4.92. The molecule has 0 saturated carbocycles. The molecule has 0 aliphatic carbocycles. The van der Waals surface area contributed by atoms with Crippen LogP contribution in [0.2, 0.25) is 0 Å². The van der Waals surface area contributed by atoms with Gasteiger partial charge in [-0.2, -0.15) is 0 Å². The summed E-state index contributed by atoms with van der Waals surface area (Å²) >= 11 is 0. The first kappa shape index (κ1) is 15.4. The Kier molecular flexibility index (Phi) is 5.45. The predicted molar refractivity (Wildman–Crippen MR) is 67.4 cm³/mol. The van der Waals surface area contributed by atoms with Crippen molar-refractivity contribution in [3.8, 4) is 0 Å². The van der Waals surface area contributed by atoms with E-state index >= 15 is 0 Å². The highest BCUT2D eigenvalue weighted by atomic mass is 16.4. The van der Waals surface area contributed by atoms with Crippen molar-refractivity contribution in [2.24, 2.45) is 0 Å². The van der Waals surface area contributed by atoms with Crippen LogP contribution in [0.3, 0.4) is 0 Å². The molecular formula is C12H14N2O6. The van der Waals surface area contributed by atoms with Gasteiger partial charge in [0.2, 0.25) is 5.56 Å². The molecule has 4 N–H and O–H groups in total. The number of amides is 1. The van der Waals surface area contributed by atoms with E-state index in [0.29, 0.717) is 0 Å². The molecule has 8 nitrogen and oxygen atoms in total. The molecule has 0 spiro atoms. The maximum atomic E-state index is 11.8. The largest absolute Gasteiger partial charge is 0.481 e. The van der Waals surface area contributed by atoms with Crippen molar-refractivity contribution >= 4 is 17.8 Å². The number of aromatic amines is 1. The molecule has 8 heteroatoms. The van der Waals surface area contributed by atoms with Crippen LogP contribution in [0, 0.1) is 0 Å². The molecular weight excluding hydrogens is 268 g/mol. The predicted octanol–water partition coefficient (Wildman–Crippen LogP) is -0.187. The van der Waals surface area contributed by atoms with Crippen LogP contribution < -0.4 is 10.9 Å². The van der Waals surface area contributed by atoms with Crippen molar-refractivity contribution in [2.75, 3.05) is 0 Å². The highest BCUT2D eigenvalue weighted by Gasteiger charge is 2.20. The first-order valence-corrected chi connectivity index (χ1v) is 5.84. The molecule has 1 heterocycles. The number of carbonyl (C=O) groups excluding carboxylic acids is 1. The number of carboxylic acids is 2. The van der Waals surface area contributed by atoms with E-state index in [-0.39, 0.29) is 24.8 Å². The van der Waals surface area contributed by atoms with E-state index in [0.717, 1.165) is 6.07 Å². The van der Waals surface area contributed by atoms with Gasteiger partial charge in [0, 0.05) is 24.2 Å². The summed E-state index contributed by atoms with van der Waals surface area (Å²) in [6.45, 7) is 0. The Morgan fingerprint density at radius 3 is 2.55 bits per heavy atom. The normalized spacial score (nSPS) is 11.6. The minimum atomic E-state index is -1.26. The summed E-state index contributed by atoms with van der Waals surface area (Å²) in [6.07, 6.45) is 1.22. The average molecular weight is 282 g/mol. The summed E-state index contributed by atoms with van der Waals surface area (Å²) in [5, 5.41) is 19.7. The molecule has 1 aromatic rings. The molecule has 0 bridgehead atoms. The summed E-state index contributed by atoms with van der Waals surface area (Å²) in [6, 6.07) is 1.19. The lowest BCUT2D eigenvalue weighted by atomic mass is 10.1. The number of pyridine rings is 1. The van der Waals surface area contributed by atoms with Gasteiger partial charge in [-0.3, -0.25) is 14.4 Å². The van der Waals surface area contributed by atoms with Gasteiger partial charge in [-0.1, -0.05) is 0 Å². The van der Waals surface area contributed by atoms with E-state index in [9.17, 15) is 19.2 Å². The van der Waals surface area contributed by atoms with Gasteiger partial charge in [0.25, 0.3) is 5.91 Å². The Morgan fingerprint density at radius 2 is 2.00 bits per heavy atom. The molecule has 108 valence electrons. The fourth-order valence-corrected chi connectivity index (χ4v) is 1.54. The molecule has 0 aliphatic heterocycles. The van der Waals surface area contributed by atoms with Crippen molar-refractivity contribution in [3.05, 3.63) is 34.2 Å². The first-order valence-electron chi connectivity index (χ1n) is 5.84. The highest BCUT2D eigenvalue weighted by molar-refractivity contribution is 5.96. The Morgan fingerprint density at radius 1 is 1.30 bits per heavy atom. The van der Waals surface area contributed by atoms with E-state index in [2.05, 4.69) is 10.3 Å². The lowest BCUT2D eigenvalue weighted by Crippen LogP contribution is -2.41. The lowest BCUT2D eigenvalue weighted by molar-refractivity contribution is -0.140. The second-order valence-corrected chi connectivity index (χ2v) is 4.09. The molecule has 1 amide bonds. The number of nitrogens with one attached hydrogen (secondary N) is 2. The monoisotopic (exact) mass is 282 g/mol.